The molecule has 0 fully saturated rings. The van der Waals surface area contributed by atoms with Crippen molar-refractivity contribution < 1.29 is 46.0 Å². The largest absolute Gasteiger partial charge is 0.412 e. The molecule has 0 unspecified atom stereocenters. The summed E-state index contributed by atoms with van der Waals surface area (Å²) in [5, 5.41) is 3.21. The van der Waals surface area contributed by atoms with E-state index >= 15 is 0 Å². The minimum absolute atomic E-state index is 0. The summed E-state index contributed by atoms with van der Waals surface area (Å²) in [7, 11) is -9.33. The molecule has 0 bridgehead atoms. The Bertz CT molecular complexity index is 408. The van der Waals surface area contributed by atoms with E-state index in [-0.39, 0.29) is 11.0 Å². The monoisotopic (exact) mass is 344 g/mol. The van der Waals surface area contributed by atoms with E-state index in [2.05, 4.69) is 24.2 Å². The number of rotatable bonds is 1. The van der Waals surface area contributed by atoms with Gasteiger partial charge in [0.15, 0.2) is 0 Å². The molecule has 20 heavy (non-hydrogen) atoms. The molecule has 14 heteroatoms. The van der Waals surface area contributed by atoms with Crippen molar-refractivity contribution >= 4 is 26.6 Å². The van der Waals surface area contributed by atoms with E-state index in [1.807, 2.05) is 0 Å². The highest BCUT2D eigenvalue weighted by Crippen LogP contribution is 1.97. The van der Waals surface area contributed by atoms with E-state index in [0.717, 1.165) is 13.1 Å². The lowest BCUT2D eigenvalue weighted by Crippen LogP contribution is -2.23. The number of amidine groups is 1. The van der Waals surface area contributed by atoms with Gasteiger partial charge < -0.3 is 16.3 Å². The van der Waals surface area contributed by atoms with Gasteiger partial charge in [-0.15, -0.1) is 0 Å². The quantitative estimate of drug-likeness (QED) is 0.320. The minimum atomic E-state index is -4.67. The first kappa shape index (κ1) is 27.5. The molecule has 0 atom stereocenters. The molecule has 0 aromatic carbocycles. The van der Waals surface area contributed by atoms with Crippen LogP contribution in [0, 0.1) is 5.92 Å². The first-order valence-corrected chi connectivity index (χ1v) is 7.28. The van der Waals surface area contributed by atoms with Crippen LogP contribution >= 0.6 is 0 Å². The van der Waals surface area contributed by atoms with Crippen molar-refractivity contribution in [3.63, 3.8) is 0 Å². The van der Waals surface area contributed by atoms with Crippen molar-refractivity contribution in [1.29, 1.82) is 0 Å². The van der Waals surface area contributed by atoms with E-state index in [1.54, 1.807) is 0 Å². The third-order valence-corrected chi connectivity index (χ3v) is 1.25. The van der Waals surface area contributed by atoms with Crippen LogP contribution in [-0.2, 0) is 20.8 Å². The molecule has 1 aliphatic rings. The lowest BCUT2D eigenvalue weighted by molar-refractivity contribution is 0.378. The van der Waals surface area contributed by atoms with Crippen molar-refractivity contribution in [3.05, 3.63) is 0 Å². The van der Waals surface area contributed by atoms with Gasteiger partial charge in [-0.25, -0.2) is 0 Å². The predicted octanol–water partition coefficient (Wildman–Crippen LogP) is -2.31. The number of nitrogens with zero attached hydrogens (tertiary/aromatic N) is 1. The van der Waals surface area contributed by atoms with Crippen LogP contribution in [0.15, 0.2) is 4.99 Å². The molecule has 0 aromatic rings. The Balaban J connectivity index is -0.0000000960. The molecule has 0 spiro atoms. The van der Waals surface area contributed by atoms with Gasteiger partial charge in [-0.3, -0.25) is 23.2 Å². The molecule has 0 amide bonds. The van der Waals surface area contributed by atoms with Crippen LogP contribution in [0.1, 0.15) is 13.8 Å². The highest BCUT2D eigenvalue weighted by Gasteiger charge is 2.07. The molecule has 1 heterocycles. The summed E-state index contributed by atoms with van der Waals surface area (Å²) < 4.78 is 63.2. The highest BCUT2D eigenvalue weighted by molar-refractivity contribution is 7.80. The van der Waals surface area contributed by atoms with Crippen LogP contribution in [0.3, 0.4) is 0 Å². The van der Waals surface area contributed by atoms with Gasteiger partial charge >= 0.3 is 20.8 Å². The zero-order valence-electron chi connectivity index (χ0n) is 10.7. The summed E-state index contributed by atoms with van der Waals surface area (Å²) in [4.78, 5) is 4.24. The third kappa shape index (κ3) is 43.4. The Labute approximate surface area is 116 Å². The molecule has 0 aromatic heterocycles. The normalized spacial score (nSPS) is 13.2. The Hall–Kier alpha value is -0.870. The summed E-state index contributed by atoms with van der Waals surface area (Å²) >= 11 is 0. The topological polar surface area (TPSA) is 237 Å². The van der Waals surface area contributed by atoms with E-state index in [4.69, 9.17) is 35.0 Å². The molecule has 126 valence electrons. The fourth-order valence-corrected chi connectivity index (χ4v) is 0.803. The summed E-state index contributed by atoms with van der Waals surface area (Å²) in [6.45, 7) is 6.30. The van der Waals surface area contributed by atoms with Crippen molar-refractivity contribution in [2.75, 3.05) is 13.1 Å². The van der Waals surface area contributed by atoms with E-state index in [9.17, 15) is 0 Å². The van der Waals surface area contributed by atoms with Gasteiger partial charge in [-0.05, 0) is 0 Å². The average molecular weight is 344 g/mol. The second kappa shape index (κ2) is 11.9. The minimum Gasteiger partial charge on any atom is -0.412 e. The van der Waals surface area contributed by atoms with Gasteiger partial charge in [0.2, 0.25) is 0 Å². The summed E-state index contributed by atoms with van der Waals surface area (Å²) in [6, 6.07) is 0. The fourth-order valence-electron chi connectivity index (χ4n) is 0.803. The Kier molecular flexibility index (Phi) is 16.4. The molecular formula is C6H20N2O10S2. The second-order valence-electron chi connectivity index (χ2n) is 3.24. The second-order valence-corrected chi connectivity index (χ2v) is 5.04. The summed E-state index contributed by atoms with van der Waals surface area (Å²) in [5.74, 6) is 1.75. The van der Waals surface area contributed by atoms with E-state index in [0.29, 0.717) is 5.92 Å². The molecule has 0 aliphatic carbocycles. The number of nitrogens with one attached hydrogen (secondary N) is 1. The van der Waals surface area contributed by atoms with Crippen LogP contribution in [0.4, 0.5) is 0 Å². The summed E-state index contributed by atoms with van der Waals surface area (Å²) in [6.07, 6.45) is 0. The Morgan fingerprint density at radius 1 is 1.00 bits per heavy atom. The average Bonchev–Trinajstić information content (AvgIpc) is 2.46. The molecule has 1 aliphatic heterocycles. The van der Waals surface area contributed by atoms with Crippen molar-refractivity contribution in [2.45, 2.75) is 13.8 Å². The Morgan fingerprint density at radius 3 is 1.40 bits per heavy atom. The van der Waals surface area contributed by atoms with E-state index < -0.39 is 20.8 Å². The van der Waals surface area contributed by atoms with Gasteiger partial charge in [0, 0.05) is 12.5 Å². The zero-order chi connectivity index (χ0) is 15.0. The maximum Gasteiger partial charge on any atom is 0.394 e. The number of aliphatic imine (C=N–C) groups is 1. The van der Waals surface area contributed by atoms with Gasteiger partial charge in [0.1, 0.15) is 0 Å². The first-order chi connectivity index (χ1) is 7.80. The van der Waals surface area contributed by atoms with Gasteiger partial charge in [0.25, 0.3) is 0 Å². The van der Waals surface area contributed by atoms with E-state index in [1.165, 1.54) is 5.84 Å². The lowest BCUT2D eigenvalue weighted by atomic mass is 10.2. The molecule has 0 saturated heterocycles. The van der Waals surface area contributed by atoms with Gasteiger partial charge in [-0.1, -0.05) is 13.8 Å². The predicted molar refractivity (Wildman–Crippen MR) is 70.7 cm³/mol. The molecular weight excluding hydrogens is 324 g/mol. The molecule has 0 radical (unpaired) electrons. The van der Waals surface area contributed by atoms with Crippen LogP contribution in [-0.4, -0.2) is 64.9 Å². The maximum atomic E-state index is 8.74. The smallest absolute Gasteiger partial charge is 0.394 e. The molecule has 9 N–H and O–H groups in total. The molecule has 12 nitrogen and oxygen atoms in total. The number of hydrogen-bond donors (Lipinski definition) is 5. The number of hydrogen-bond acceptors (Lipinski definition) is 6. The van der Waals surface area contributed by atoms with Crippen molar-refractivity contribution in [3.8, 4) is 0 Å². The fraction of sp³-hybridized carbons (Fsp3) is 0.833. The van der Waals surface area contributed by atoms with Crippen LogP contribution in [0.5, 0.6) is 0 Å². The maximum absolute atomic E-state index is 8.74. The third-order valence-electron chi connectivity index (χ3n) is 1.25. The standard InChI is InChI=1S/C6H12N2.2H2O4S.2H2O/c1-5(2)6-7-3-4-8-6;2*1-5(2,3)4;;/h5H,3-4H2,1-2H3,(H,7,8);2*(H2,1,2,3,4);2*1H2. The van der Waals surface area contributed by atoms with Crippen LogP contribution in [0.2, 0.25) is 0 Å². The highest BCUT2D eigenvalue weighted by atomic mass is 32.3. The molecule has 1 rings (SSSR count). The summed E-state index contributed by atoms with van der Waals surface area (Å²) in [5.41, 5.74) is 0. The Morgan fingerprint density at radius 2 is 1.30 bits per heavy atom. The van der Waals surface area contributed by atoms with Crippen LogP contribution in [0.25, 0.3) is 0 Å². The van der Waals surface area contributed by atoms with Crippen molar-refractivity contribution in [2.24, 2.45) is 10.9 Å². The van der Waals surface area contributed by atoms with Gasteiger partial charge in [-0.2, -0.15) is 16.8 Å². The van der Waals surface area contributed by atoms with Crippen molar-refractivity contribution in [1.82, 2.24) is 5.32 Å². The molecule has 0 saturated carbocycles. The lowest BCUT2D eigenvalue weighted by Gasteiger charge is -2.02. The zero-order valence-corrected chi connectivity index (χ0v) is 12.3. The first-order valence-electron chi connectivity index (χ1n) is 4.48. The SMILES string of the molecule is CC(C)C1=NCCN1.O.O.O=S(=O)(O)O.O=S(=O)(O)O. The van der Waals surface area contributed by atoms with Crippen LogP contribution < -0.4 is 5.32 Å². The van der Waals surface area contributed by atoms with Gasteiger partial charge in [0.05, 0.1) is 12.4 Å².